The molecule has 3 atom stereocenters. The molecule has 2 aromatic rings. The summed E-state index contributed by atoms with van der Waals surface area (Å²) in [5.41, 5.74) is 8.26. The molecule has 0 saturated heterocycles. The minimum atomic E-state index is -0.297. The van der Waals surface area contributed by atoms with E-state index < -0.39 is 0 Å². The predicted molar refractivity (Wildman–Crippen MR) is 85.5 cm³/mol. The fourth-order valence-electron chi connectivity index (χ4n) is 2.30. The van der Waals surface area contributed by atoms with Gasteiger partial charge in [0.1, 0.15) is 0 Å². The number of hydrogen-bond acceptors (Lipinski definition) is 2. The topological polar surface area (TPSA) is 55.1 Å². The van der Waals surface area contributed by atoms with E-state index >= 15 is 0 Å². The zero-order chi connectivity index (χ0) is 15.2. The molecule has 2 unspecified atom stereocenters. The van der Waals surface area contributed by atoms with Crippen LogP contribution in [0.5, 0.6) is 0 Å². The van der Waals surface area contributed by atoms with E-state index in [1.54, 1.807) is 0 Å². The Morgan fingerprint density at radius 3 is 1.90 bits per heavy atom. The molecule has 0 aliphatic rings. The van der Waals surface area contributed by atoms with E-state index in [1.165, 1.54) is 0 Å². The van der Waals surface area contributed by atoms with Gasteiger partial charge in [-0.15, -0.1) is 0 Å². The van der Waals surface area contributed by atoms with Gasteiger partial charge in [0.2, 0.25) is 5.91 Å². The van der Waals surface area contributed by atoms with E-state index in [4.69, 9.17) is 5.73 Å². The highest BCUT2D eigenvalue weighted by molar-refractivity contribution is 5.79. The third-order valence-electron chi connectivity index (χ3n) is 3.80. The highest BCUT2D eigenvalue weighted by atomic mass is 16.1. The Morgan fingerprint density at radius 2 is 1.38 bits per heavy atom. The van der Waals surface area contributed by atoms with Crippen molar-refractivity contribution in [2.75, 3.05) is 0 Å². The van der Waals surface area contributed by atoms with Crippen molar-refractivity contribution in [1.29, 1.82) is 0 Å². The van der Waals surface area contributed by atoms with E-state index in [2.05, 4.69) is 5.32 Å². The number of amides is 1. The molecule has 0 heterocycles. The maximum Gasteiger partial charge on any atom is 0.225 e. The number of hydrogen-bond donors (Lipinski definition) is 2. The molecule has 3 N–H and O–H groups in total. The number of nitrogens with two attached hydrogens (primary N) is 1. The Bertz CT molecular complexity index is 568. The van der Waals surface area contributed by atoms with Gasteiger partial charge in [0.25, 0.3) is 0 Å². The number of carbonyl (C=O) groups is 1. The number of carbonyl (C=O) groups excluding carboxylic acids is 1. The SMILES string of the molecule is CC(C(=O)N[C@@H](C)c1ccccc1)C(N)c1ccccc1. The first kappa shape index (κ1) is 15.3. The van der Waals surface area contributed by atoms with Crippen LogP contribution in [-0.2, 0) is 4.79 Å². The molecule has 3 nitrogen and oxygen atoms in total. The van der Waals surface area contributed by atoms with Crippen LogP contribution in [0.2, 0.25) is 0 Å². The molecule has 21 heavy (non-hydrogen) atoms. The Labute approximate surface area is 126 Å². The molecule has 0 aliphatic carbocycles. The van der Waals surface area contributed by atoms with Crippen LogP contribution in [0, 0.1) is 5.92 Å². The second-order valence-electron chi connectivity index (χ2n) is 5.37. The molecule has 0 saturated carbocycles. The van der Waals surface area contributed by atoms with Crippen molar-refractivity contribution in [2.45, 2.75) is 25.9 Å². The molecule has 110 valence electrons. The van der Waals surface area contributed by atoms with E-state index in [0.717, 1.165) is 11.1 Å². The van der Waals surface area contributed by atoms with Crippen LogP contribution in [0.25, 0.3) is 0 Å². The Morgan fingerprint density at radius 1 is 0.905 bits per heavy atom. The van der Waals surface area contributed by atoms with Gasteiger partial charge in [-0.25, -0.2) is 0 Å². The summed E-state index contributed by atoms with van der Waals surface area (Å²) in [7, 11) is 0. The maximum atomic E-state index is 12.4. The smallest absolute Gasteiger partial charge is 0.225 e. The lowest BCUT2D eigenvalue weighted by molar-refractivity contribution is -0.125. The molecule has 2 rings (SSSR count). The lowest BCUT2D eigenvalue weighted by atomic mass is 9.94. The third kappa shape index (κ3) is 3.92. The fourth-order valence-corrected chi connectivity index (χ4v) is 2.30. The summed E-state index contributed by atoms with van der Waals surface area (Å²) in [5.74, 6) is -0.304. The van der Waals surface area contributed by atoms with Crippen LogP contribution in [-0.4, -0.2) is 5.91 Å². The first-order valence-corrected chi connectivity index (χ1v) is 7.25. The van der Waals surface area contributed by atoms with Crippen LogP contribution in [0.4, 0.5) is 0 Å². The summed E-state index contributed by atoms with van der Waals surface area (Å²) in [5, 5.41) is 3.03. The quantitative estimate of drug-likeness (QED) is 0.885. The molecular formula is C18H22N2O. The normalized spacial score (nSPS) is 15.0. The van der Waals surface area contributed by atoms with Crippen molar-refractivity contribution in [3.63, 3.8) is 0 Å². The lowest BCUT2D eigenvalue weighted by Crippen LogP contribution is -2.36. The predicted octanol–water partition coefficient (Wildman–Crippen LogP) is 3.20. The average molecular weight is 282 g/mol. The van der Waals surface area contributed by atoms with Crippen molar-refractivity contribution in [1.82, 2.24) is 5.32 Å². The minimum Gasteiger partial charge on any atom is -0.349 e. The van der Waals surface area contributed by atoms with Crippen LogP contribution in [0.15, 0.2) is 60.7 Å². The van der Waals surface area contributed by atoms with E-state index in [1.807, 2.05) is 74.5 Å². The first-order valence-electron chi connectivity index (χ1n) is 7.25. The highest BCUT2D eigenvalue weighted by Gasteiger charge is 2.23. The highest BCUT2D eigenvalue weighted by Crippen LogP contribution is 2.20. The van der Waals surface area contributed by atoms with Crippen LogP contribution < -0.4 is 11.1 Å². The van der Waals surface area contributed by atoms with Crippen LogP contribution in [0.1, 0.15) is 37.1 Å². The second-order valence-corrected chi connectivity index (χ2v) is 5.37. The summed E-state index contributed by atoms with van der Waals surface area (Å²) in [6.07, 6.45) is 0. The minimum absolute atomic E-state index is 0.0240. The molecule has 2 aromatic carbocycles. The van der Waals surface area contributed by atoms with Gasteiger partial charge in [0, 0.05) is 6.04 Å². The summed E-state index contributed by atoms with van der Waals surface area (Å²) < 4.78 is 0. The molecule has 0 spiro atoms. The van der Waals surface area contributed by atoms with Crippen molar-refractivity contribution in [3.05, 3.63) is 71.8 Å². The van der Waals surface area contributed by atoms with Gasteiger partial charge in [0.15, 0.2) is 0 Å². The standard InChI is InChI=1S/C18H22N2O/c1-13(17(19)16-11-7-4-8-12-16)18(21)20-14(2)15-9-5-3-6-10-15/h3-14,17H,19H2,1-2H3,(H,20,21)/t13?,14-,17?/m0/s1. The van der Waals surface area contributed by atoms with Gasteiger partial charge in [-0.2, -0.15) is 0 Å². The molecule has 0 bridgehead atoms. The van der Waals surface area contributed by atoms with Crippen molar-refractivity contribution < 1.29 is 4.79 Å². The van der Waals surface area contributed by atoms with Crippen LogP contribution >= 0.6 is 0 Å². The molecular weight excluding hydrogens is 260 g/mol. The Balaban J connectivity index is 2.00. The van der Waals surface area contributed by atoms with Gasteiger partial charge >= 0.3 is 0 Å². The molecule has 1 amide bonds. The first-order chi connectivity index (χ1) is 10.1. The Hall–Kier alpha value is -2.13. The van der Waals surface area contributed by atoms with Gasteiger partial charge in [-0.1, -0.05) is 67.6 Å². The third-order valence-corrected chi connectivity index (χ3v) is 3.80. The van der Waals surface area contributed by atoms with Gasteiger partial charge in [0.05, 0.1) is 12.0 Å². The van der Waals surface area contributed by atoms with E-state index in [-0.39, 0.29) is 23.9 Å². The molecule has 0 radical (unpaired) electrons. The molecule has 3 heteroatoms. The monoisotopic (exact) mass is 282 g/mol. The van der Waals surface area contributed by atoms with E-state index in [9.17, 15) is 4.79 Å². The number of nitrogens with one attached hydrogen (secondary N) is 1. The number of rotatable bonds is 5. The molecule has 0 aliphatic heterocycles. The van der Waals surface area contributed by atoms with Crippen molar-refractivity contribution >= 4 is 5.91 Å². The Kier molecular flexibility index (Phi) is 5.12. The van der Waals surface area contributed by atoms with Gasteiger partial charge < -0.3 is 11.1 Å². The molecule has 0 aromatic heterocycles. The van der Waals surface area contributed by atoms with Gasteiger partial charge in [-0.3, -0.25) is 4.79 Å². The zero-order valence-electron chi connectivity index (χ0n) is 12.5. The summed E-state index contributed by atoms with van der Waals surface area (Å²) in [4.78, 5) is 12.4. The lowest BCUT2D eigenvalue weighted by Gasteiger charge is -2.22. The fraction of sp³-hybridized carbons (Fsp3) is 0.278. The number of benzene rings is 2. The summed E-state index contributed by atoms with van der Waals surface area (Å²) in [6, 6.07) is 19.3. The van der Waals surface area contributed by atoms with E-state index in [0.29, 0.717) is 0 Å². The van der Waals surface area contributed by atoms with Crippen molar-refractivity contribution in [2.24, 2.45) is 11.7 Å². The maximum absolute atomic E-state index is 12.4. The van der Waals surface area contributed by atoms with Crippen LogP contribution in [0.3, 0.4) is 0 Å². The summed E-state index contributed by atoms with van der Waals surface area (Å²) >= 11 is 0. The average Bonchev–Trinajstić information content (AvgIpc) is 2.55. The second kappa shape index (κ2) is 7.04. The van der Waals surface area contributed by atoms with Gasteiger partial charge in [-0.05, 0) is 18.1 Å². The van der Waals surface area contributed by atoms with Crippen molar-refractivity contribution in [3.8, 4) is 0 Å². The molecule has 0 fully saturated rings. The zero-order valence-corrected chi connectivity index (χ0v) is 12.5. The summed E-state index contributed by atoms with van der Waals surface area (Å²) in [6.45, 7) is 3.85. The largest absolute Gasteiger partial charge is 0.349 e.